The predicted molar refractivity (Wildman–Crippen MR) is 164 cm³/mol. The Morgan fingerprint density at radius 1 is 0.950 bits per heavy atom. The molecule has 214 valence electrons. The van der Waals surface area contributed by atoms with Crippen LogP contribution in [-0.2, 0) is 14.0 Å². The molecule has 40 heavy (non-hydrogen) atoms. The number of carbonyl (C=O) groups excluding carboxylic acids is 1. The minimum absolute atomic E-state index is 0.145. The maximum absolute atomic E-state index is 13.0. The fraction of sp³-hybridized carbons (Fsp3) is 0.514. The lowest BCUT2D eigenvalue weighted by molar-refractivity contribution is -0.160. The van der Waals surface area contributed by atoms with E-state index in [9.17, 15) is 9.90 Å². The standard InChI is InChI=1S/C35H46O4Si/c1-24-20-26-17-16-25(2)31(34(26)32(36)21-24)19-18-27-22-28(23-33(37)38-27)39-40(35(3,4)5,29-12-8-6-9-13-29)30-14-10-7-11-15-30/h6-17,20,24-25,27-28,31-32,34,36H,18-19,21-23H2,1-5H3/t24-,25-,27+,28+,31-,32-,34-/m0/s1. The normalized spacial score (nSPS) is 30.8. The first-order chi connectivity index (χ1) is 19.1. The van der Waals surface area contributed by atoms with Crippen LogP contribution in [-0.4, -0.2) is 37.7 Å². The van der Waals surface area contributed by atoms with E-state index >= 15 is 0 Å². The first-order valence-corrected chi connectivity index (χ1v) is 17.1. The third-order valence-corrected chi connectivity index (χ3v) is 14.5. The third-order valence-electron chi connectivity index (χ3n) is 9.42. The van der Waals surface area contributed by atoms with Crippen molar-refractivity contribution in [3.05, 3.63) is 84.5 Å². The molecule has 3 aliphatic rings. The average molecular weight is 559 g/mol. The van der Waals surface area contributed by atoms with Gasteiger partial charge in [0.25, 0.3) is 8.32 Å². The number of aliphatic hydroxyl groups is 1. The van der Waals surface area contributed by atoms with E-state index in [1.165, 1.54) is 15.9 Å². The van der Waals surface area contributed by atoms with E-state index in [1.54, 1.807) is 0 Å². The monoisotopic (exact) mass is 558 g/mol. The second-order valence-electron chi connectivity index (χ2n) is 13.4. The summed E-state index contributed by atoms with van der Waals surface area (Å²) in [4.78, 5) is 13.0. The highest BCUT2D eigenvalue weighted by Gasteiger charge is 2.52. The number of hydrogen-bond donors (Lipinski definition) is 1. The van der Waals surface area contributed by atoms with Crippen LogP contribution in [0.1, 0.15) is 66.7 Å². The van der Waals surface area contributed by atoms with Crippen LogP contribution in [0.3, 0.4) is 0 Å². The maximum Gasteiger partial charge on any atom is 0.308 e. The minimum atomic E-state index is -2.76. The van der Waals surface area contributed by atoms with Gasteiger partial charge in [0.05, 0.1) is 18.6 Å². The highest BCUT2D eigenvalue weighted by Crippen LogP contribution is 2.44. The summed E-state index contributed by atoms with van der Waals surface area (Å²) >= 11 is 0. The average Bonchev–Trinajstić information content (AvgIpc) is 2.91. The first-order valence-electron chi connectivity index (χ1n) is 15.1. The van der Waals surface area contributed by atoms with E-state index in [0.717, 1.165) is 19.3 Å². The van der Waals surface area contributed by atoms with Crippen LogP contribution in [0.25, 0.3) is 0 Å². The van der Waals surface area contributed by atoms with Crippen molar-refractivity contribution in [2.45, 2.75) is 90.1 Å². The van der Waals surface area contributed by atoms with E-state index < -0.39 is 8.32 Å². The van der Waals surface area contributed by atoms with Crippen molar-refractivity contribution in [2.24, 2.45) is 23.7 Å². The molecule has 5 heteroatoms. The molecule has 0 saturated carbocycles. The summed E-state index contributed by atoms with van der Waals surface area (Å²) in [5, 5.41) is 13.3. The fourth-order valence-electron chi connectivity index (χ4n) is 7.56. The molecule has 1 heterocycles. The van der Waals surface area contributed by atoms with Crippen molar-refractivity contribution in [1.82, 2.24) is 0 Å². The van der Waals surface area contributed by atoms with Gasteiger partial charge in [-0.1, -0.05) is 114 Å². The third kappa shape index (κ3) is 5.79. The molecule has 1 aliphatic heterocycles. The number of fused-ring (bicyclic) bond motifs is 1. The Kier molecular flexibility index (Phi) is 8.56. The van der Waals surface area contributed by atoms with Crippen LogP contribution in [0, 0.1) is 23.7 Å². The van der Waals surface area contributed by atoms with E-state index in [1.807, 2.05) is 0 Å². The Hall–Kier alpha value is -2.47. The van der Waals surface area contributed by atoms with Crippen LogP contribution >= 0.6 is 0 Å². The second kappa shape index (κ2) is 11.8. The van der Waals surface area contributed by atoms with Crippen molar-refractivity contribution in [1.29, 1.82) is 0 Å². The van der Waals surface area contributed by atoms with Crippen molar-refractivity contribution < 1.29 is 19.1 Å². The summed E-state index contributed by atoms with van der Waals surface area (Å²) in [6, 6.07) is 21.3. The molecule has 0 amide bonds. The molecule has 2 aromatic carbocycles. The summed E-state index contributed by atoms with van der Waals surface area (Å²) in [5.74, 6) is 1.13. The predicted octanol–water partition coefficient (Wildman–Crippen LogP) is 6.18. The van der Waals surface area contributed by atoms with Gasteiger partial charge in [0.1, 0.15) is 6.10 Å². The van der Waals surface area contributed by atoms with Gasteiger partial charge in [0.15, 0.2) is 0 Å². The number of hydrogen-bond acceptors (Lipinski definition) is 4. The molecule has 1 fully saturated rings. The molecule has 2 aromatic rings. The Balaban J connectivity index is 1.38. The highest BCUT2D eigenvalue weighted by atomic mass is 28.4. The summed E-state index contributed by atoms with van der Waals surface area (Å²) in [5.41, 5.74) is 1.28. The van der Waals surface area contributed by atoms with Gasteiger partial charge < -0.3 is 14.3 Å². The van der Waals surface area contributed by atoms with Gasteiger partial charge in [-0.25, -0.2) is 0 Å². The zero-order chi connectivity index (χ0) is 28.5. The second-order valence-corrected chi connectivity index (χ2v) is 17.6. The van der Waals surface area contributed by atoms with E-state index in [2.05, 4.69) is 114 Å². The van der Waals surface area contributed by atoms with Gasteiger partial charge in [-0.05, 0) is 58.0 Å². The molecule has 0 aromatic heterocycles. The number of ether oxygens (including phenoxy) is 1. The van der Waals surface area contributed by atoms with Gasteiger partial charge in [0, 0.05) is 12.3 Å². The van der Waals surface area contributed by atoms with Gasteiger partial charge in [-0.3, -0.25) is 4.79 Å². The molecule has 0 unspecified atom stereocenters. The molecule has 1 N–H and O–H groups in total. The van der Waals surface area contributed by atoms with Crippen LogP contribution in [0.5, 0.6) is 0 Å². The number of carbonyl (C=O) groups is 1. The van der Waals surface area contributed by atoms with E-state index in [0.29, 0.717) is 24.2 Å². The van der Waals surface area contributed by atoms with Gasteiger partial charge in [-0.15, -0.1) is 0 Å². The smallest absolute Gasteiger partial charge is 0.308 e. The zero-order valence-electron chi connectivity index (χ0n) is 24.8. The van der Waals surface area contributed by atoms with E-state index in [4.69, 9.17) is 9.16 Å². The Morgan fingerprint density at radius 3 is 2.17 bits per heavy atom. The van der Waals surface area contributed by atoms with Crippen molar-refractivity contribution in [2.75, 3.05) is 0 Å². The van der Waals surface area contributed by atoms with Crippen molar-refractivity contribution in [3.63, 3.8) is 0 Å². The molecule has 4 nitrogen and oxygen atoms in total. The number of benzene rings is 2. The summed E-state index contributed by atoms with van der Waals surface area (Å²) in [7, 11) is -2.76. The van der Waals surface area contributed by atoms with Gasteiger partial charge >= 0.3 is 5.97 Å². The molecule has 0 spiro atoms. The molecule has 0 radical (unpaired) electrons. The molecule has 2 aliphatic carbocycles. The molecule has 0 bridgehead atoms. The lowest BCUT2D eigenvalue weighted by Crippen LogP contribution is -2.68. The van der Waals surface area contributed by atoms with Crippen molar-refractivity contribution in [3.8, 4) is 0 Å². The molecule has 5 rings (SSSR count). The SMILES string of the molecule is C[C@H]1C=C2C=C[C@H](C)[C@H](CC[C@@H]3C[C@@H](O[Si](c4ccccc4)(c4ccccc4)C(C)(C)C)CC(=O)O3)[C@H]2[C@@H](O)C1. The fourth-order valence-corrected chi connectivity index (χ4v) is 12.3. The number of rotatable bonds is 7. The first kappa shape index (κ1) is 29.0. The van der Waals surface area contributed by atoms with Gasteiger partial charge in [0.2, 0.25) is 0 Å². The summed E-state index contributed by atoms with van der Waals surface area (Å²) < 4.78 is 13.3. The lowest BCUT2D eigenvalue weighted by atomic mass is 9.65. The number of aliphatic hydroxyl groups excluding tert-OH is 1. The number of esters is 1. The number of cyclic esters (lactones) is 1. The summed E-state index contributed by atoms with van der Waals surface area (Å²) in [6.07, 6.45) is 9.69. The highest BCUT2D eigenvalue weighted by molar-refractivity contribution is 6.99. The quantitative estimate of drug-likeness (QED) is 0.326. The molecule has 7 atom stereocenters. The van der Waals surface area contributed by atoms with E-state index in [-0.39, 0.29) is 41.7 Å². The number of allylic oxidation sites excluding steroid dienone is 3. The van der Waals surface area contributed by atoms with Crippen LogP contribution < -0.4 is 10.4 Å². The molecular weight excluding hydrogens is 512 g/mol. The zero-order valence-corrected chi connectivity index (χ0v) is 25.8. The summed E-state index contributed by atoms with van der Waals surface area (Å²) in [6.45, 7) is 11.3. The maximum atomic E-state index is 13.0. The van der Waals surface area contributed by atoms with Crippen LogP contribution in [0.15, 0.2) is 84.5 Å². The van der Waals surface area contributed by atoms with Crippen LogP contribution in [0.2, 0.25) is 5.04 Å². The van der Waals surface area contributed by atoms with Gasteiger partial charge in [-0.2, -0.15) is 0 Å². The largest absolute Gasteiger partial charge is 0.462 e. The minimum Gasteiger partial charge on any atom is -0.462 e. The Morgan fingerprint density at radius 2 is 1.57 bits per heavy atom. The molecule has 1 saturated heterocycles. The van der Waals surface area contributed by atoms with Crippen molar-refractivity contribution >= 4 is 24.7 Å². The lowest BCUT2D eigenvalue weighted by Gasteiger charge is -2.46. The van der Waals surface area contributed by atoms with Crippen LogP contribution in [0.4, 0.5) is 0 Å². The molecular formula is C35H46O4Si. The Labute approximate surface area is 241 Å². The topological polar surface area (TPSA) is 55.8 Å². The Bertz CT molecular complexity index is 1180.